The third-order valence-electron chi connectivity index (χ3n) is 5.47. The molecule has 0 unspecified atom stereocenters. The average Bonchev–Trinajstić information content (AvgIpc) is 2.80. The summed E-state index contributed by atoms with van der Waals surface area (Å²) >= 11 is 0. The molecule has 0 spiro atoms. The summed E-state index contributed by atoms with van der Waals surface area (Å²) < 4.78 is 18.5. The van der Waals surface area contributed by atoms with Crippen molar-refractivity contribution in [3.05, 3.63) is 54.0 Å². The van der Waals surface area contributed by atoms with Crippen LogP contribution in [0.15, 0.2) is 42.6 Å². The molecule has 3 amide bonds. The number of amides is 3. The number of ether oxygens (including phenoxy) is 1. The molecule has 1 aromatic carbocycles. The van der Waals surface area contributed by atoms with Crippen LogP contribution < -0.4 is 10.1 Å². The second-order valence-electron chi connectivity index (χ2n) is 7.49. The zero-order valence-corrected chi connectivity index (χ0v) is 18.0. The number of benzene rings is 1. The monoisotopic (exact) mass is 428 g/mol. The van der Waals surface area contributed by atoms with E-state index in [1.54, 1.807) is 17.2 Å². The number of carbonyl (C=O) groups is 2. The Morgan fingerprint density at radius 2 is 1.81 bits per heavy atom. The van der Waals surface area contributed by atoms with Crippen LogP contribution >= 0.6 is 0 Å². The van der Waals surface area contributed by atoms with Gasteiger partial charge in [-0.15, -0.1) is 0 Å². The molecule has 31 heavy (non-hydrogen) atoms. The Labute approximate surface area is 182 Å². The number of rotatable bonds is 7. The smallest absolute Gasteiger partial charge is 0.319 e. The highest BCUT2D eigenvalue weighted by Gasteiger charge is 2.28. The largest absolute Gasteiger partial charge is 0.439 e. The van der Waals surface area contributed by atoms with E-state index in [1.165, 1.54) is 24.3 Å². The Morgan fingerprint density at radius 1 is 1.13 bits per heavy atom. The van der Waals surface area contributed by atoms with Gasteiger partial charge >= 0.3 is 6.03 Å². The maximum absolute atomic E-state index is 13.0. The Kier molecular flexibility index (Phi) is 7.81. The van der Waals surface area contributed by atoms with Crippen LogP contribution in [0.3, 0.4) is 0 Å². The first kappa shape index (κ1) is 22.5. The molecular formula is C23H29FN4O3. The van der Waals surface area contributed by atoms with Crippen molar-refractivity contribution in [3.8, 4) is 11.6 Å². The summed E-state index contributed by atoms with van der Waals surface area (Å²) in [5, 5.41) is 2.96. The van der Waals surface area contributed by atoms with Gasteiger partial charge in [0.05, 0.1) is 0 Å². The molecule has 0 radical (unpaired) electrons. The molecule has 1 saturated heterocycles. The van der Waals surface area contributed by atoms with E-state index in [0.29, 0.717) is 57.2 Å². The number of hydrogen-bond donors (Lipinski definition) is 1. The number of nitrogens with one attached hydrogen (secondary N) is 1. The van der Waals surface area contributed by atoms with Crippen LogP contribution in [0, 0.1) is 11.7 Å². The molecule has 3 rings (SSSR count). The first-order chi connectivity index (χ1) is 15.0. The summed E-state index contributed by atoms with van der Waals surface area (Å²) in [5.74, 6) is 0.483. The Balaban J connectivity index is 1.43. The van der Waals surface area contributed by atoms with Crippen LogP contribution in [-0.2, 0) is 11.3 Å². The molecule has 8 heteroatoms. The van der Waals surface area contributed by atoms with Gasteiger partial charge in [-0.05, 0) is 56.5 Å². The van der Waals surface area contributed by atoms with Crippen molar-refractivity contribution in [1.29, 1.82) is 0 Å². The first-order valence-corrected chi connectivity index (χ1v) is 10.7. The summed E-state index contributed by atoms with van der Waals surface area (Å²) in [4.78, 5) is 32.8. The second kappa shape index (κ2) is 10.7. The lowest BCUT2D eigenvalue weighted by Crippen LogP contribution is -2.48. The van der Waals surface area contributed by atoms with Gasteiger partial charge in [-0.1, -0.05) is 6.07 Å². The van der Waals surface area contributed by atoms with Crippen LogP contribution in [0.1, 0.15) is 32.3 Å². The number of likely N-dealkylation sites (tertiary alicyclic amines) is 1. The van der Waals surface area contributed by atoms with Crippen molar-refractivity contribution < 1.29 is 18.7 Å². The van der Waals surface area contributed by atoms with Crippen LogP contribution in [-0.4, -0.2) is 52.9 Å². The van der Waals surface area contributed by atoms with Crippen molar-refractivity contribution in [2.45, 2.75) is 33.2 Å². The number of piperidine rings is 1. The molecule has 2 aromatic rings. The van der Waals surface area contributed by atoms with Gasteiger partial charge in [0.25, 0.3) is 0 Å². The van der Waals surface area contributed by atoms with Gasteiger partial charge in [0.1, 0.15) is 11.6 Å². The average molecular weight is 429 g/mol. The molecule has 0 saturated carbocycles. The van der Waals surface area contributed by atoms with E-state index in [1.807, 2.05) is 24.8 Å². The van der Waals surface area contributed by atoms with Crippen LogP contribution in [0.2, 0.25) is 0 Å². The molecule has 1 N–H and O–H groups in total. The summed E-state index contributed by atoms with van der Waals surface area (Å²) in [5.41, 5.74) is 0.856. The van der Waals surface area contributed by atoms with Gasteiger partial charge < -0.3 is 19.9 Å². The molecule has 1 aliphatic rings. The van der Waals surface area contributed by atoms with Gasteiger partial charge in [0, 0.05) is 50.9 Å². The molecule has 2 heterocycles. The highest BCUT2D eigenvalue weighted by molar-refractivity contribution is 5.79. The van der Waals surface area contributed by atoms with E-state index < -0.39 is 0 Å². The van der Waals surface area contributed by atoms with Gasteiger partial charge in [-0.3, -0.25) is 4.79 Å². The van der Waals surface area contributed by atoms with E-state index in [2.05, 4.69) is 10.3 Å². The van der Waals surface area contributed by atoms with Crippen molar-refractivity contribution >= 4 is 11.9 Å². The first-order valence-electron chi connectivity index (χ1n) is 10.7. The van der Waals surface area contributed by atoms with Crippen LogP contribution in [0.5, 0.6) is 11.6 Å². The second-order valence-corrected chi connectivity index (χ2v) is 7.49. The summed E-state index contributed by atoms with van der Waals surface area (Å²) in [6.45, 7) is 6.90. The quantitative estimate of drug-likeness (QED) is 0.728. The third kappa shape index (κ3) is 6.16. The van der Waals surface area contributed by atoms with Crippen molar-refractivity contribution in [3.63, 3.8) is 0 Å². The van der Waals surface area contributed by atoms with Crippen LogP contribution in [0.4, 0.5) is 9.18 Å². The third-order valence-corrected chi connectivity index (χ3v) is 5.47. The summed E-state index contributed by atoms with van der Waals surface area (Å²) in [6, 6.07) is 9.31. The lowest BCUT2D eigenvalue weighted by atomic mass is 9.96. The highest BCUT2D eigenvalue weighted by atomic mass is 19.1. The summed E-state index contributed by atoms with van der Waals surface area (Å²) in [6.07, 6.45) is 2.98. The van der Waals surface area contributed by atoms with E-state index >= 15 is 0 Å². The molecule has 1 aromatic heterocycles. The zero-order valence-electron chi connectivity index (χ0n) is 18.0. The van der Waals surface area contributed by atoms with Crippen molar-refractivity contribution in [1.82, 2.24) is 20.1 Å². The number of hydrogen-bond acceptors (Lipinski definition) is 4. The number of pyridine rings is 1. The van der Waals surface area contributed by atoms with E-state index in [-0.39, 0.29) is 23.7 Å². The lowest BCUT2D eigenvalue weighted by molar-refractivity contribution is -0.126. The fourth-order valence-electron chi connectivity index (χ4n) is 3.56. The topological polar surface area (TPSA) is 74.8 Å². The van der Waals surface area contributed by atoms with Crippen molar-refractivity contribution in [2.24, 2.45) is 5.92 Å². The minimum atomic E-state index is -0.326. The molecule has 166 valence electrons. The van der Waals surface area contributed by atoms with E-state index in [9.17, 15) is 14.0 Å². The molecule has 0 bridgehead atoms. The molecule has 7 nitrogen and oxygen atoms in total. The fraction of sp³-hybridized carbons (Fsp3) is 0.435. The van der Waals surface area contributed by atoms with Gasteiger partial charge in [0.2, 0.25) is 11.8 Å². The molecule has 0 atom stereocenters. The number of carbonyl (C=O) groups excluding carboxylic acids is 2. The van der Waals surface area contributed by atoms with Gasteiger partial charge in [-0.2, -0.15) is 0 Å². The predicted molar refractivity (Wildman–Crippen MR) is 115 cm³/mol. The fourth-order valence-corrected chi connectivity index (χ4v) is 3.56. The standard InChI is InChI=1S/C23H29FN4O3/c1-3-27(4-2)23(30)28-13-11-18(12-14-28)22(29)26-16-17-5-10-21(25-15-17)31-20-8-6-19(24)7-9-20/h5-10,15,18H,3-4,11-14,16H2,1-2H3,(H,26,29). The minimum absolute atomic E-state index is 0.00146. The van der Waals surface area contributed by atoms with E-state index in [4.69, 9.17) is 4.74 Å². The van der Waals surface area contributed by atoms with Gasteiger partial charge in [-0.25, -0.2) is 14.2 Å². The van der Waals surface area contributed by atoms with Gasteiger partial charge in [0.15, 0.2) is 0 Å². The minimum Gasteiger partial charge on any atom is -0.439 e. The summed E-state index contributed by atoms with van der Waals surface area (Å²) in [7, 11) is 0. The predicted octanol–water partition coefficient (Wildman–Crippen LogP) is 3.80. The number of halogens is 1. The van der Waals surface area contributed by atoms with Crippen LogP contribution in [0.25, 0.3) is 0 Å². The Morgan fingerprint density at radius 3 is 2.39 bits per heavy atom. The highest BCUT2D eigenvalue weighted by Crippen LogP contribution is 2.21. The van der Waals surface area contributed by atoms with E-state index in [0.717, 1.165) is 5.56 Å². The Hall–Kier alpha value is -3.16. The maximum Gasteiger partial charge on any atom is 0.319 e. The number of nitrogens with zero attached hydrogens (tertiary/aromatic N) is 3. The normalized spacial score (nSPS) is 14.2. The molecule has 1 fully saturated rings. The lowest BCUT2D eigenvalue weighted by Gasteiger charge is -2.34. The molecular weight excluding hydrogens is 399 g/mol. The van der Waals surface area contributed by atoms with Crippen molar-refractivity contribution in [2.75, 3.05) is 26.2 Å². The number of urea groups is 1. The number of aromatic nitrogens is 1. The Bertz CT molecular complexity index is 861. The maximum atomic E-state index is 13.0. The molecule has 0 aliphatic carbocycles. The SMILES string of the molecule is CCN(CC)C(=O)N1CCC(C(=O)NCc2ccc(Oc3ccc(F)cc3)nc2)CC1. The zero-order chi connectivity index (χ0) is 22.2. The molecule has 1 aliphatic heterocycles.